The van der Waals surface area contributed by atoms with E-state index in [-0.39, 0.29) is 6.04 Å². The highest BCUT2D eigenvalue weighted by atomic mass is 14.7. The SMILES string of the molecule is CC(C)C1CCC(C(N)c2cnc3ccccc3c2)CC1. The van der Waals surface area contributed by atoms with Crippen LogP contribution in [0, 0.1) is 17.8 Å². The van der Waals surface area contributed by atoms with Gasteiger partial charge in [-0.3, -0.25) is 4.98 Å². The van der Waals surface area contributed by atoms with E-state index in [4.69, 9.17) is 5.73 Å². The van der Waals surface area contributed by atoms with E-state index in [9.17, 15) is 0 Å². The molecule has 2 nitrogen and oxygen atoms in total. The summed E-state index contributed by atoms with van der Waals surface area (Å²) in [5, 5.41) is 1.20. The van der Waals surface area contributed by atoms with Gasteiger partial charge in [-0.15, -0.1) is 0 Å². The first kappa shape index (κ1) is 14.5. The lowest BCUT2D eigenvalue weighted by Gasteiger charge is -2.34. The van der Waals surface area contributed by atoms with Crippen LogP contribution in [-0.4, -0.2) is 4.98 Å². The summed E-state index contributed by atoms with van der Waals surface area (Å²) in [6, 6.07) is 10.6. The van der Waals surface area contributed by atoms with Crippen LogP contribution in [0.4, 0.5) is 0 Å². The molecule has 1 saturated carbocycles. The van der Waals surface area contributed by atoms with E-state index in [0.717, 1.165) is 17.4 Å². The van der Waals surface area contributed by atoms with Gasteiger partial charge < -0.3 is 5.73 Å². The van der Waals surface area contributed by atoms with Crippen molar-refractivity contribution in [3.8, 4) is 0 Å². The first-order valence-electron chi connectivity index (χ1n) is 8.25. The average Bonchev–Trinajstić information content (AvgIpc) is 2.54. The van der Waals surface area contributed by atoms with Gasteiger partial charge in [-0.05, 0) is 61.1 Å². The van der Waals surface area contributed by atoms with E-state index in [1.807, 2.05) is 12.3 Å². The quantitative estimate of drug-likeness (QED) is 0.886. The number of hydrogen-bond donors (Lipinski definition) is 1. The lowest BCUT2D eigenvalue weighted by atomic mass is 9.74. The molecule has 0 aliphatic heterocycles. The molecule has 0 amide bonds. The van der Waals surface area contributed by atoms with E-state index in [1.165, 1.54) is 36.6 Å². The second-order valence-corrected chi connectivity index (χ2v) is 6.91. The minimum Gasteiger partial charge on any atom is -0.324 e. The molecule has 0 spiro atoms. The molecule has 2 N–H and O–H groups in total. The van der Waals surface area contributed by atoms with E-state index < -0.39 is 0 Å². The zero-order valence-corrected chi connectivity index (χ0v) is 13.1. The summed E-state index contributed by atoms with van der Waals surface area (Å²) >= 11 is 0. The maximum absolute atomic E-state index is 6.54. The minimum absolute atomic E-state index is 0.134. The van der Waals surface area contributed by atoms with Crippen molar-refractivity contribution >= 4 is 10.9 Å². The summed E-state index contributed by atoms with van der Waals surface area (Å²) in [6.07, 6.45) is 7.16. The number of nitrogens with two attached hydrogens (primary N) is 1. The van der Waals surface area contributed by atoms with Gasteiger partial charge in [-0.2, -0.15) is 0 Å². The molecule has 1 aliphatic carbocycles. The summed E-state index contributed by atoms with van der Waals surface area (Å²) in [5.41, 5.74) is 8.79. The fraction of sp³-hybridized carbons (Fsp3) is 0.526. The Morgan fingerprint density at radius 2 is 1.71 bits per heavy atom. The van der Waals surface area contributed by atoms with Gasteiger partial charge in [0.15, 0.2) is 0 Å². The Balaban J connectivity index is 1.73. The molecule has 2 heteroatoms. The average molecular weight is 282 g/mol. The number of rotatable bonds is 3. The molecule has 1 fully saturated rings. The summed E-state index contributed by atoms with van der Waals surface area (Å²) < 4.78 is 0. The Hall–Kier alpha value is -1.41. The molecular formula is C19H26N2. The molecule has 1 aromatic carbocycles. The van der Waals surface area contributed by atoms with Crippen LogP contribution in [0.1, 0.15) is 51.1 Å². The van der Waals surface area contributed by atoms with Crippen LogP contribution < -0.4 is 5.73 Å². The lowest BCUT2D eigenvalue weighted by molar-refractivity contribution is 0.203. The zero-order valence-electron chi connectivity index (χ0n) is 13.1. The van der Waals surface area contributed by atoms with Crippen LogP contribution in [0.25, 0.3) is 10.9 Å². The van der Waals surface area contributed by atoms with Crippen molar-refractivity contribution in [3.63, 3.8) is 0 Å². The molecular weight excluding hydrogens is 256 g/mol. The monoisotopic (exact) mass is 282 g/mol. The highest BCUT2D eigenvalue weighted by molar-refractivity contribution is 5.78. The predicted octanol–water partition coefficient (Wildman–Crippen LogP) is 4.70. The molecule has 112 valence electrons. The van der Waals surface area contributed by atoms with Crippen molar-refractivity contribution in [1.82, 2.24) is 4.98 Å². The molecule has 2 aromatic rings. The lowest BCUT2D eigenvalue weighted by Crippen LogP contribution is -2.27. The van der Waals surface area contributed by atoms with Gasteiger partial charge in [0.25, 0.3) is 0 Å². The van der Waals surface area contributed by atoms with E-state index in [1.54, 1.807) is 0 Å². The van der Waals surface area contributed by atoms with Crippen molar-refractivity contribution in [2.24, 2.45) is 23.5 Å². The van der Waals surface area contributed by atoms with Crippen LogP contribution in [0.2, 0.25) is 0 Å². The Morgan fingerprint density at radius 3 is 2.43 bits per heavy atom. The van der Waals surface area contributed by atoms with Crippen LogP contribution in [0.3, 0.4) is 0 Å². The van der Waals surface area contributed by atoms with Crippen molar-refractivity contribution in [2.45, 2.75) is 45.6 Å². The molecule has 21 heavy (non-hydrogen) atoms. The smallest absolute Gasteiger partial charge is 0.0702 e. The van der Waals surface area contributed by atoms with Gasteiger partial charge in [0.05, 0.1) is 5.52 Å². The summed E-state index contributed by atoms with van der Waals surface area (Å²) in [7, 11) is 0. The van der Waals surface area contributed by atoms with Gasteiger partial charge in [0.1, 0.15) is 0 Å². The second kappa shape index (κ2) is 6.15. The van der Waals surface area contributed by atoms with Gasteiger partial charge in [-0.1, -0.05) is 32.0 Å². The standard InChI is InChI=1S/C19H26N2/c1-13(2)14-7-9-15(10-8-14)19(20)17-11-16-5-3-4-6-18(16)21-12-17/h3-6,11-15,19H,7-10,20H2,1-2H3. The van der Waals surface area contributed by atoms with Crippen molar-refractivity contribution in [3.05, 3.63) is 42.1 Å². The van der Waals surface area contributed by atoms with Crippen LogP contribution >= 0.6 is 0 Å². The van der Waals surface area contributed by atoms with Crippen LogP contribution in [0.15, 0.2) is 36.5 Å². The number of pyridine rings is 1. The molecule has 0 bridgehead atoms. The highest BCUT2D eigenvalue weighted by Gasteiger charge is 2.27. The Morgan fingerprint density at radius 1 is 1.05 bits per heavy atom. The van der Waals surface area contributed by atoms with Gasteiger partial charge in [-0.25, -0.2) is 0 Å². The predicted molar refractivity (Wildman–Crippen MR) is 89.0 cm³/mol. The number of aromatic nitrogens is 1. The van der Waals surface area contributed by atoms with Crippen molar-refractivity contribution in [1.29, 1.82) is 0 Å². The van der Waals surface area contributed by atoms with Gasteiger partial charge in [0.2, 0.25) is 0 Å². The zero-order chi connectivity index (χ0) is 14.8. The number of para-hydroxylation sites is 1. The maximum Gasteiger partial charge on any atom is 0.0702 e. The first-order valence-corrected chi connectivity index (χ1v) is 8.25. The summed E-state index contributed by atoms with van der Waals surface area (Å²) in [4.78, 5) is 4.56. The fourth-order valence-electron chi connectivity index (χ4n) is 3.71. The molecule has 1 heterocycles. The molecule has 0 radical (unpaired) electrons. The van der Waals surface area contributed by atoms with E-state index in [2.05, 4.69) is 43.1 Å². The Bertz CT molecular complexity index is 597. The molecule has 1 unspecified atom stereocenters. The van der Waals surface area contributed by atoms with Gasteiger partial charge >= 0.3 is 0 Å². The first-order chi connectivity index (χ1) is 10.1. The topological polar surface area (TPSA) is 38.9 Å². The number of hydrogen-bond acceptors (Lipinski definition) is 2. The number of nitrogens with zero attached hydrogens (tertiary/aromatic N) is 1. The second-order valence-electron chi connectivity index (χ2n) is 6.91. The third-order valence-corrected chi connectivity index (χ3v) is 5.26. The molecule has 1 aromatic heterocycles. The Kier molecular flexibility index (Phi) is 4.25. The number of fused-ring (bicyclic) bond motifs is 1. The third kappa shape index (κ3) is 3.11. The minimum atomic E-state index is 0.134. The summed E-state index contributed by atoms with van der Waals surface area (Å²) in [5.74, 6) is 2.32. The maximum atomic E-state index is 6.54. The molecule has 1 aliphatic rings. The van der Waals surface area contributed by atoms with Crippen molar-refractivity contribution in [2.75, 3.05) is 0 Å². The largest absolute Gasteiger partial charge is 0.324 e. The van der Waals surface area contributed by atoms with E-state index in [0.29, 0.717) is 5.92 Å². The summed E-state index contributed by atoms with van der Waals surface area (Å²) in [6.45, 7) is 4.69. The number of benzene rings is 1. The fourth-order valence-corrected chi connectivity index (χ4v) is 3.71. The van der Waals surface area contributed by atoms with E-state index >= 15 is 0 Å². The normalized spacial score (nSPS) is 24.4. The molecule has 3 rings (SSSR count). The molecule has 0 saturated heterocycles. The van der Waals surface area contributed by atoms with Crippen molar-refractivity contribution < 1.29 is 0 Å². The molecule has 1 atom stereocenters. The highest BCUT2D eigenvalue weighted by Crippen LogP contribution is 2.38. The van der Waals surface area contributed by atoms with Crippen LogP contribution in [0.5, 0.6) is 0 Å². The third-order valence-electron chi connectivity index (χ3n) is 5.26. The van der Waals surface area contributed by atoms with Crippen LogP contribution in [-0.2, 0) is 0 Å². The Labute approximate surface area is 127 Å². The van der Waals surface area contributed by atoms with Gasteiger partial charge in [0, 0.05) is 17.6 Å².